The molecule has 0 unspecified atom stereocenters. The minimum atomic E-state index is 0.799. The summed E-state index contributed by atoms with van der Waals surface area (Å²) in [5.74, 6) is 0.956. The second-order valence-electron chi connectivity index (χ2n) is 3.83. The first-order valence-electron chi connectivity index (χ1n) is 5.54. The zero-order chi connectivity index (χ0) is 12.4. The van der Waals surface area contributed by atoms with Crippen molar-refractivity contribution in [2.75, 3.05) is 0 Å². The molecule has 0 saturated heterocycles. The van der Waals surface area contributed by atoms with Gasteiger partial charge in [0.15, 0.2) is 0 Å². The molecule has 0 saturated carbocycles. The van der Waals surface area contributed by atoms with Crippen molar-refractivity contribution in [3.8, 4) is 5.69 Å². The van der Waals surface area contributed by atoms with Gasteiger partial charge < -0.3 is 0 Å². The van der Waals surface area contributed by atoms with Crippen LogP contribution in [-0.4, -0.2) is 30.8 Å². The second-order valence-corrected chi connectivity index (χ2v) is 5.62. The Kier molecular flexibility index (Phi) is 3.28. The predicted molar refractivity (Wildman–Crippen MR) is 73.9 cm³/mol. The molecule has 5 heteroatoms. The van der Waals surface area contributed by atoms with E-state index in [2.05, 4.69) is 60.4 Å². The van der Waals surface area contributed by atoms with E-state index in [9.17, 15) is 0 Å². The molecule has 2 aromatic heterocycles. The number of rotatable bonds is 3. The topological polar surface area (TPSA) is 30.7 Å². The Bertz CT molecular complexity index is 632. The van der Waals surface area contributed by atoms with Crippen molar-refractivity contribution < 1.29 is 0 Å². The van der Waals surface area contributed by atoms with Crippen molar-refractivity contribution in [3.63, 3.8) is 0 Å². The molecule has 3 rings (SSSR count). The molecule has 0 aliphatic heterocycles. The van der Waals surface area contributed by atoms with E-state index in [1.165, 1.54) is 4.88 Å². The van der Waals surface area contributed by atoms with Gasteiger partial charge in [0.1, 0.15) is 0 Å². The molecule has 0 amide bonds. The summed E-state index contributed by atoms with van der Waals surface area (Å²) < 4.78 is 2.85. The van der Waals surface area contributed by atoms with E-state index >= 15 is 0 Å². The number of nitrogens with zero attached hydrogens (tertiary/aromatic N) is 3. The quantitative estimate of drug-likeness (QED) is 0.688. The molecule has 3 nitrogen and oxygen atoms in total. The Labute approximate surface area is 117 Å². The van der Waals surface area contributed by atoms with Gasteiger partial charge in [-0.15, -0.1) is 0 Å². The van der Waals surface area contributed by atoms with Gasteiger partial charge in [0.2, 0.25) is 0 Å². The summed E-state index contributed by atoms with van der Waals surface area (Å²) in [6, 6.07) is 14.3. The van der Waals surface area contributed by atoms with E-state index in [-0.39, 0.29) is 0 Å². The van der Waals surface area contributed by atoms with Gasteiger partial charge in [-0.2, -0.15) is 0 Å². The molecule has 2 heterocycles. The average Bonchev–Trinajstić information content (AvgIpc) is 3.02. The van der Waals surface area contributed by atoms with Gasteiger partial charge in [-0.05, 0) is 0 Å². The maximum atomic E-state index is 4.26. The minimum absolute atomic E-state index is 0.799. The number of hydrogen-bond donors (Lipinski definition) is 0. The van der Waals surface area contributed by atoms with Crippen LogP contribution in [0.25, 0.3) is 5.69 Å². The van der Waals surface area contributed by atoms with Crippen LogP contribution in [0, 0.1) is 0 Å². The number of aromatic nitrogens is 3. The van der Waals surface area contributed by atoms with E-state index in [4.69, 9.17) is 0 Å². The standard InChI is InChI=1S/C13H10N3SSe/c18-13-15-14-12(9-11-7-4-8-17-11)16(13)10-5-2-1-3-6-10/h1-8H,9H2. The zero-order valence-corrected chi connectivity index (χ0v) is 12.0. The van der Waals surface area contributed by atoms with Crippen molar-refractivity contribution >= 4 is 32.1 Å². The fourth-order valence-electron chi connectivity index (χ4n) is 1.82. The zero-order valence-electron chi connectivity index (χ0n) is 9.48. The SMILES string of the molecule is [Se]c1nnc(Cc2cccs2)n1-c1ccccc1. The van der Waals surface area contributed by atoms with Gasteiger partial charge in [-0.25, -0.2) is 0 Å². The van der Waals surface area contributed by atoms with Crippen LogP contribution < -0.4 is 4.72 Å². The van der Waals surface area contributed by atoms with Crippen molar-refractivity contribution in [1.29, 1.82) is 0 Å². The fraction of sp³-hybridized carbons (Fsp3) is 0.0769. The van der Waals surface area contributed by atoms with Crippen molar-refractivity contribution in [3.05, 3.63) is 58.5 Å². The van der Waals surface area contributed by atoms with E-state index < -0.39 is 0 Å². The van der Waals surface area contributed by atoms with Gasteiger partial charge >= 0.3 is 117 Å². The molecular weight excluding hydrogens is 309 g/mol. The number of hydrogen-bond acceptors (Lipinski definition) is 3. The van der Waals surface area contributed by atoms with Crippen LogP contribution in [0.5, 0.6) is 0 Å². The monoisotopic (exact) mass is 320 g/mol. The Balaban J connectivity index is 2.02. The molecule has 0 aliphatic rings. The third kappa shape index (κ3) is 2.25. The summed E-state index contributed by atoms with van der Waals surface area (Å²) in [5, 5.41) is 10.5. The summed E-state index contributed by atoms with van der Waals surface area (Å²) in [6.45, 7) is 0. The summed E-state index contributed by atoms with van der Waals surface area (Å²) in [6.07, 6.45) is 0.807. The van der Waals surface area contributed by atoms with E-state index in [0.717, 1.165) is 22.7 Å². The molecule has 3 aromatic rings. The molecule has 1 radical (unpaired) electrons. The van der Waals surface area contributed by atoms with Crippen LogP contribution in [0.2, 0.25) is 0 Å². The Morgan fingerprint density at radius 1 is 1.06 bits per heavy atom. The molecule has 89 valence electrons. The molecule has 1 aromatic carbocycles. The van der Waals surface area contributed by atoms with Crippen molar-refractivity contribution in [2.24, 2.45) is 0 Å². The molecule has 0 fully saturated rings. The summed E-state index contributed by atoms with van der Waals surface area (Å²) >= 11 is 4.70. The first kappa shape index (κ1) is 11.7. The number of para-hydroxylation sites is 1. The maximum absolute atomic E-state index is 4.26. The first-order valence-corrected chi connectivity index (χ1v) is 7.27. The molecule has 0 atom stereocenters. The molecular formula is C13H10N3SSe. The van der Waals surface area contributed by atoms with Gasteiger partial charge in [0.25, 0.3) is 0 Å². The third-order valence-corrected chi connectivity index (χ3v) is 4.06. The third-order valence-electron chi connectivity index (χ3n) is 2.63. The van der Waals surface area contributed by atoms with Gasteiger partial charge in [0, 0.05) is 0 Å². The van der Waals surface area contributed by atoms with Crippen LogP contribution in [0.1, 0.15) is 10.7 Å². The first-order chi connectivity index (χ1) is 8.84. The Morgan fingerprint density at radius 3 is 2.61 bits per heavy atom. The number of thiophene rings is 1. The van der Waals surface area contributed by atoms with Crippen LogP contribution >= 0.6 is 11.3 Å². The van der Waals surface area contributed by atoms with E-state index in [0.29, 0.717) is 0 Å². The fourth-order valence-corrected chi connectivity index (χ4v) is 3.05. The molecule has 0 spiro atoms. The van der Waals surface area contributed by atoms with Crippen LogP contribution in [-0.2, 0) is 6.42 Å². The summed E-state index contributed by atoms with van der Waals surface area (Å²) in [5.41, 5.74) is 1.09. The Morgan fingerprint density at radius 2 is 1.89 bits per heavy atom. The van der Waals surface area contributed by atoms with Crippen LogP contribution in [0.4, 0.5) is 0 Å². The predicted octanol–water partition coefficient (Wildman–Crippen LogP) is 1.71. The normalized spacial score (nSPS) is 10.7. The van der Waals surface area contributed by atoms with E-state index in [1.54, 1.807) is 11.3 Å². The molecule has 0 aliphatic carbocycles. The van der Waals surface area contributed by atoms with Crippen molar-refractivity contribution in [2.45, 2.75) is 6.42 Å². The van der Waals surface area contributed by atoms with Gasteiger partial charge in [-0.3, -0.25) is 0 Å². The second kappa shape index (κ2) is 5.06. The van der Waals surface area contributed by atoms with Gasteiger partial charge in [-0.1, -0.05) is 0 Å². The average molecular weight is 319 g/mol. The summed E-state index contributed by atoms with van der Waals surface area (Å²) in [7, 11) is 0. The van der Waals surface area contributed by atoms with Gasteiger partial charge in [0.05, 0.1) is 0 Å². The molecule has 0 bridgehead atoms. The Hall–Kier alpha value is -1.42. The van der Waals surface area contributed by atoms with Crippen LogP contribution in [0.15, 0.2) is 47.8 Å². The molecule has 18 heavy (non-hydrogen) atoms. The van der Waals surface area contributed by atoms with E-state index in [1.807, 2.05) is 18.2 Å². The van der Waals surface area contributed by atoms with Crippen molar-refractivity contribution in [1.82, 2.24) is 14.8 Å². The molecule has 0 N–H and O–H groups in total. The van der Waals surface area contributed by atoms with Crippen LogP contribution in [0.3, 0.4) is 0 Å². The summed E-state index contributed by atoms with van der Waals surface area (Å²) in [4.78, 5) is 1.29. The number of benzene rings is 1.